The molecule has 118 valence electrons. The number of phenolic OH excluding ortho intramolecular Hbond substituents is 1. The average Bonchev–Trinajstić information content (AvgIpc) is 2.61. The largest absolute Gasteiger partial charge is 0.507 e. The van der Waals surface area contributed by atoms with Gasteiger partial charge >= 0.3 is 0 Å². The van der Waals surface area contributed by atoms with E-state index in [1.807, 2.05) is 42.5 Å². The summed E-state index contributed by atoms with van der Waals surface area (Å²) in [5.74, 6) is 0.988. The van der Waals surface area contributed by atoms with Gasteiger partial charge in [0.15, 0.2) is 5.84 Å². The number of aromatic hydroxyl groups is 1. The van der Waals surface area contributed by atoms with Crippen molar-refractivity contribution in [1.29, 1.82) is 0 Å². The van der Waals surface area contributed by atoms with Crippen LogP contribution in [0.1, 0.15) is 43.2 Å². The van der Waals surface area contributed by atoms with E-state index < -0.39 is 0 Å². The van der Waals surface area contributed by atoms with E-state index in [9.17, 15) is 5.11 Å². The van der Waals surface area contributed by atoms with E-state index in [1.165, 1.54) is 19.3 Å². The number of hydrogen-bond acceptors (Lipinski definition) is 2. The molecule has 0 unspecified atom stereocenters. The van der Waals surface area contributed by atoms with E-state index in [4.69, 9.17) is 4.99 Å². The van der Waals surface area contributed by atoms with E-state index >= 15 is 0 Å². The van der Waals surface area contributed by atoms with Gasteiger partial charge in [0.05, 0.1) is 6.04 Å². The van der Waals surface area contributed by atoms with Crippen LogP contribution in [0.15, 0.2) is 64.6 Å². The fraction of sp³-hybridized carbons (Fsp3) is 0.300. The van der Waals surface area contributed by atoms with Crippen molar-refractivity contribution >= 4 is 12.1 Å². The maximum atomic E-state index is 9.88. The molecule has 23 heavy (non-hydrogen) atoms. The van der Waals surface area contributed by atoms with E-state index in [-0.39, 0.29) is 5.75 Å². The van der Waals surface area contributed by atoms with Gasteiger partial charge in [0, 0.05) is 17.3 Å². The summed E-state index contributed by atoms with van der Waals surface area (Å²) in [6.45, 7) is 0. The SMILES string of the molecule is Oc1ccccc1C=NC(=NC1CCCCC1)c1ccccc1. The minimum atomic E-state index is 0.237. The molecule has 0 aromatic heterocycles. The van der Waals surface area contributed by atoms with Gasteiger partial charge in [-0.15, -0.1) is 0 Å². The molecule has 0 atom stereocenters. The number of para-hydroxylation sites is 1. The maximum absolute atomic E-state index is 9.88. The van der Waals surface area contributed by atoms with E-state index in [0.29, 0.717) is 11.6 Å². The lowest BCUT2D eigenvalue weighted by Gasteiger charge is -2.18. The molecule has 3 heteroatoms. The summed E-state index contributed by atoms with van der Waals surface area (Å²) in [5.41, 5.74) is 1.73. The Morgan fingerprint density at radius 1 is 0.913 bits per heavy atom. The van der Waals surface area contributed by atoms with Crippen LogP contribution < -0.4 is 0 Å². The molecule has 1 aliphatic rings. The summed E-state index contributed by atoms with van der Waals surface area (Å²) in [6.07, 6.45) is 7.79. The molecule has 1 saturated carbocycles. The molecule has 0 radical (unpaired) electrons. The first-order chi connectivity index (χ1) is 11.3. The zero-order valence-electron chi connectivity index (χ0n) is 13.2. The Morgan fingerprint density at radius 2 is 1.61 bits per heavy atom. The molecule has 0 heterocycles. The lowest BCUT2D eigenvalue weighted by Crippen LogP contribution is -2.13. The predicted molar refractivity (Wildman–Crippen MR) is 95.6 cm³/mol. The quantitative estimate of drug-likeness (QED) is 0.654. The normalized spacial score (nSPS) is 16.8. The molecule has 0 aliphatic heterocycles. The zero-order valence-corrected chi connectivity index (χ0v) is 13.2. The van der Waals surface area contributed by atoms with Gasteiger partial charge in [-0.25, -0.2) is 4.99 Å². The van der Waals surface area contributed by atoms with Crippen molar-refractivity contribution in [2.75, 3.05) is 0 Å². The zero-order chi connectivity index (χ0) is 15.9. The molecule has 0 spiro atoms. The topological polar surface area (TPSA) is 45.0 Å². The van der Waals surface area contributed by atoms with Crippen LogP contribution in [0.25, 0.3) is 0 Å². The lowest BCUT2D eigenvalue weighted by molar-refractivity contribution is 0.443. The highest BCUT2D eigenvalue weighted by Crippen LogP contribution is 2.21. The summed E-state index contributed by atoms with van der Waals surface area (Å²) in [5, 5.41) is 9.88. The molecule has 2 aromatic rings. The molecule has 0 saturated heterocycles. The van der Waals surface area contributed by atoms with Crippen LogP contribution in [-0.4, -0.2) is 23.2 Å². The summed E-state index contributed by atoms with van der Waals surface area (Å²) in [4.78, 5) is 9.47. The standard InChI is InChI=1S/C20H22N2O/c23-19-14-8-7-11-17(19)15-21-20(16-9-3-1-4-10-16)22-18-12-5-2-6-13-18/h1,3-4,7-11,14-15,18,23H,2,5-6,12-13H2. The van der Waals surface area contributed by atoms with Crippen molar-refractivity contribution in [3.63, 3.8) is 0 Å². The first kappa shape index (κ1) is 15.5. The summed E-state index contributed by atoms with van der Waals surface area (Å²) < 4.78 is 0. The number of nitrogens with zero attached hydrogens (tertiary/aromatic N) is 2. The number of aliphatic imine (C=N–C) groups is 2. The smallest absolute Gasteiger partial charge is 0.154 e. The third-order valence-electron chi connectivity index (χ3n) is 4.17. The summed E-state index contributed by atoms with van der Waals surface area (Å²) in [6, 6.07) is 17.6. The lowest BCUT2D eigenvalue weighted by atomic mass is 9.96. The summed E-state index contributed by atoms with van der Waals surface area (Å²) >= 11 is 0. The van der Waals surface area contributed by atoms with Crippen molar-refractivity contribution in [2.45, 2.75) is 38.1 Å². The Kier molecular flexibility index (Phi) is 5.20. The molecular weight excluding hydrogens is 284 g/mol. The van der Waals surface area contributed by atoms with Crippen LogP contribution in [-0.2, 0) is 0 Å². The van der Waals surface area contributed by atoms with Crippen molar-refractivity contribution in [3.05, 3.63) is 65.7 Å². The Hall–Kier alpha value is -2.42. The minimum absolute atomic E-state index is 0.237. The van der Waals surface area contributed by atoms with Gasteiger partial charge in [0.2, 0.25) is 0 Å². The van der Waals surface area contributed by atoms with Crippen LogP contribution in [0.4, 0.5) is 0 Å². The van der Waals surface area contributed by atoms with Crippen LogP contribution in [0.2, 0.25) is 0 Å². The molecule has 1 aliphatic carbocycles. The maximum Gasteiger partial charge on any atom is 0.154 e. The van der Waals surface area contributed by atoms with Crippen molar-refractivity contribution < 1.29 is 5.11 Å². The van der Waals surface area contributed by atoms with Gasteiger partial charge in [-0.05, 0) is 25.0 Å². The molecule has 0 bridgehead atoms. The van der Waals surface area contributed by atoms with Crippen molar-refractivity contribution in [2.24, 2.45) is 9.98 Å². The van der Waals surface area contributed by atoms with Crippen LogP contribution >= 0.6 is 0 Å². The van der Waals surface area contributed by atoms with Gasteiger partial charge in [0.25, 0.3) is 0 Å². The Balaban J connectivity index is 1.89. The molecule has 3 nitrogen and oxygen atoms in total. The van der Waals surface area contributed by atoms with Crippen molar-refractivity contribution in [3.8, 4) is 5.75 Å². The van der Waals surface area contributed by atoms with Gasteiger partial charge in [-0.3, -0.25) is 4.99 Å². The first-order valence-electron chi connectivity index (χ1n) is 8.28. The first-order valence-corrected chi connectivity index (χ1v) is 8.28. The van der Waals surface area contributed by atoms with E-state index in [1.54, 1.807) is 18.3 Å². The average molecular weight is 306 g/mol. The number of amidine groups is 1. The third-order valence-corrected chi connectivity index (χ3v) is 4.17. The van der Waals surface area contributed by atoms with Gasteiger partial charge in [-0.2, -0.15) is 0 Å². The molecular formula is C20H22N2O. The molecule has 1 fully saturated rings. The number of benzene rings is 2. The Labute approximate surface area is 137 Å². The number of hydrogen-bond donors (Lipinski definition) is 1. The Morgan fingerprint density at radius 3 is 2.35 bits per heavy atom. The highest BCUT2D eigenvalue weighted by atomic mass is 16.3. The van der Waals surface area contributed by atoms with Crippen LogP contribution in [0.5, 0.6) is 5.75 Å². The highest BCUT2D eigenvalue weighted by molar-refractivity contribution is 6.05. The van der Waals surface area contributed by atoms with Gasteiger partial charge in [0.1, 0.15) is 5.75 Å². The molecule has 2 aromatic carbocycles. The van der Waals surface area contributed by atoms with Crippen LogP contribution in [0, 0.1) is 0 Å². The van der Waals surface area contributed by atoms with Crippen molar-refractivity contribution in [1.82, 2.24) is 0 Å². The molecule has 3 rings (SSSR count). The molecule has 0 amide bonds. The second kappa shape index (κ2) is 7.73. The number of phenols is 1. The van der Waals surface area contributed by atoms with E-state index in [0.717, 1.165) is 24.2 Å². The monoisotopic (exact) mass is 306 g/mol. The van der Waals surface area contributed by atoms with Gasteiger partial charge in [-0.1, -0.05) is 61.7 Å². The molecule has 1 N–H and O–H groups in total. The summed E-state index contributed by atoms with van der Waals surface area (Å²) in [7, 11) is 0. The fourth-order valence-electron chi connectivity index (χ4n) is 2.88. The fourth-order valence-corrected chi connectivity index (χ4v) is 2.88. The van der Waals surface area contributed by atoms with E-state index in [2.05, 4.69) is 4.99 Å². The second-order valence-corrected chi connectivity index (χ2v) is 5.93. The second-order valence-electron chi connectivity index (χ2n) is 5.93. The third kappa shape index (κ3) is 4.28. The number of rotatable bonds is 3. The van der Waals surface area contributed by atoms with Gasteiger partial charge < -0.3 is 5.11 Å². The van der Waals surface area contributed by atoms with Crippen LogP contribution in [0.3, 0.4) is 0 Å². The Bertz CT molecular complexity index is 686. The highest BCUT2D eigenvalue weighted by Gasteiger charge is 2.13. The minimum Gasteiger partial charge on any atom is -0.507 e. The predicted octanol–water partition coefficient (Wildman–Crippen LogP) is 4.59.